The molecule has 1 N–H and O–H groups in total. The van der Waals surface area contributed by atoms with Crippen LogP contribution in [0, 0.1) is 0 Å². The highest BCUT2D eigenvalue weighted by Crippen LogP contribution is 2.24. The fourth-order valence-corrected chi connectivity index (χ4v) is 3.87. The van der Waals surface area contributed by atoms with E-state index in [1.807, 2.05) is 18.2 Å². The molecule has 0 aromatic heterocycles. The minimum absolute atomic E-state index is 0.175. The molecule has 0 heterocycles. The van der Waals surface area contributed by atoms with Gasteiger partial charge < -0.3 is 9.84 Å². The third-order valence-corrected chi connectivity index (χ3v) is 5.70. The number of hydrogen-bond acceptors (Lipinski definition) is 4. The predicted octanol–water partition coefficient (Wildman–Crippen LogP) is 3.13. The van der Waals surface area contributed by atoms with Crippen molar-refractivity contribution >= 4 is 10.0 Å². The summed E-state index contributed by atoms with van der Waals surface area (Å²) in [6.07, 6.45) is 0.909. The minimum Gasteiger partial charge on any atom is -0.496 e. The van der Waals surface area contributed by atoms with Gasteiger partial charge in [-0.3, -0.25) is 0 Å². The lowest BCUT2D eigenvalue weighted by molar-refractivity contribution is 0.199. The molecule has 0 fully saturated rings. The summed E-state index contributed by atoms with van der Waals surface area (Å²) in [6, 6.07) is 13.6. The summed E-state index contributed by atoms with van der Waals surface area (Å²) in [7, 11) is -2.15. The van der Waals surface area contributed by atoms with Crippen LogP contribution in [0.1, 0.15) is 24.2 Å². The molecule has 0 aliphatic rings. The van der Waals surface area contributed by atoms with Crippen molar-refractivity contribution in [2.24, 2.45) is 0 Å². The van der Waals surface area contributed by atoms with Crippen LogP contribution < -0.4 is 4.74 Å². The summed E-state index contributed by atoms with van der Waals surface area (Å²) in [5.74, 6) is 0.635. The molecule has 2 aromatic rings. The van der Waals surface area contributed by atoms with Crippen molar-refractivity contribution in [1.82, 2.24) is 4.31 Å². The molecular formula is C19H23NO4S. The van der Waals surface area contributed by atoms with Gasteiger partial charge in [0, 0.05) is 18.7 Å². The molecule has 25 heavy (non-hydrogen) atoms. The molecule has 134 valence electrons. The van der Waals surface area contributed by atoms with Crippen molar-refractivity contribution in [3.63, 3.8) is 0 Å². The molecule has 0 aliphatic heterocycles. The Balaban J connectivity index is 2.35. The maximum absolute atomic E-state index is 13.0. The number of sulfonamides is 1. The van der Waals surface area contributed by atoms with Crippen LogP contribution >= 0.6 is 0 Å². The monoisotopic (exact) mass is 361 g/mol. The van der Waals surface area contributed by atoms with Gasteiger partial charge in [-0.15, -0.1) is 6.58 Å². The zero-order valence-corrected chi connectivity index (χ0v) is 15.2. The number of methoxy groups -OCH3 is 1. The van der Waals surface area contributed by atoms with E-state index < -0.39 is 16.1 Å². The van der Waals surface area contributed by atoms with Gasteiger partial charge in [0.1, 0.15) is 5.75 Å². The summed E-state index contributed by atoms with van der Waals surface area (Å²) in [6.45, 7) is 5.65. The fourth-order valence-electron chi connectivity index (χ4n) is 2.48. The Morgan fingerprint density at radius 1 is 1.20 bits per heavy atom. The van der Waals surface area contributed by atoms with Gasteiger partial charge in [0.05, 0.1) is 18.1 Å². The molecule has 1 atom stereocenters. The van der Waals surface area contributed by atoms with E-state index in [4.69, 9.17) is 4.74 Å². The van der Waals surface area contributed by atoms with Crippen LogP contribution in [-0.4, -0.2) is 31.5 Å². The van der Waals surface area contributed by atoms with Crippen molar-refractivity contribution in [2.75, 3.05) is 13.7 Å². The molecule has 2 aromatic carbocycles. The molecule has 2 rings (SSSR count). The maximum atomic E-state index is 13.0. The number of nitrogens with zero attached hydrogens (tertiary/aromatic N) is 1. The SMILES string of the molecule is C=CCN(Cc1ccccc1OC)S(=O)(=O)c1ccc([C@H](C)O)cc1. The van der Waals surface area contributed by atoms with Gasteiger partial charge in [-0.05, 0) is 30.7 Å². The zero-order chi connectivity index (χ0) is 18.4. The van der Waals surface area contributed by atoms with Gasteiger partial charge in [0.15, 0.2) is 0 Å². The number of para-hydroxylation sites is 1. The van der Waals surface area contributed by atoms with E-state index in [2.05, 4.69) is 6.58 Å². The third kappa shape index (κ3) is 4.48. The van der Waals surface area contributed by atoms with E-state index in [0.717, 1.165) is 5.56 Å². The van der Waals surface area contributed by atoms with Crippen LogP contribution in [0.15, 0.2) is 66.1 Å². The van der Waals surface area contributed by atoms with Gasteiger partial charge in [-0.2, -0.15) is 4.31 Å². The molecule has 0 saturated carbocycles. The van der Waals surface area contributed by atoms with Crippen molar-refractivity contribution in [1.29, 1.82) is 0 Å². The highest BCUT2D eigenvalue weighted by Gasteiger charge is 2.24. The molecule has 6 heteroatoms. The van der Waals surface area contributed by atoms with Gasteiger partial charge >= 0.3 is 0 Å². The zero-order valence-electron chi connectivity index (χ0n) is 14.4. The second-order valence-electron chi connectivity index (χ2n) is 5.64. The standard InChI is InChI=1S/C19H23NO4S/c1-4-13-20(14-17-7-5-6-8-19(17)24-3)25(22,23)18-11-9-16(10-12-18)15(2)21/h4-12,15,21H,1,13-14H2,2-3H3/t15-/m0/s1. The summed E-state index contributed by atoms with van der Waals surface area (Å²) in [5.41, 5.74) is 1.44. The van der Waals surface area contributed by atoms with Crippen molar-refractivity contribution < 1.29 is 18.3 Å². The van der Waals surface area contributed by atoms with Crippen LogP contribution in [0.2, 0.25) is 0 Å². The van der Waals surface area contributed by atoms with E-state index in [1.54, 1.807) is 38.3 Å². The lowest BCUT2D eigenvalue weighted by atomic mass is 10.1. The third-order valence-electron chi connectivity index (χ3n) is 3.87. The Morgan fingerprint density at radius 2 is 1.84 bits per heavy atom. The number of ether oxygens (including phenoxy) is 1. The normalized spacial score (nSPS) is 12.8. The van der Waals surface area contributed by atoms with Crippen molar-refractivity contribution in [3.8, 4) is 5.75 Å². The first-order valence-electron chi connectivity index (χ1n) is 7.91. The van der Waals surface area contributed by atoms with E-state index in [9.17, 15) is 13.5 Å². The average Bonchev–Trinajstić information content (AvgIpc) is 2.61. The van der Waals surface area contributed by atoms with Gasteiger partial charge in [0.25, 0.3) is 0 Å². The van der Waals surface area contributed by atoms with Crippen LogP contribution in [0.5, 0.6) is 5.75 Å². The lowest BCUT2D eigenvalue weighted by Gasteiger charge is -2.22. The Hall–Kier alpha value is -2.15. The molecule has 0 saturated heterocycles. The largest absolute Gasteiger partial charge is 0.496 e. The molecule has 0 radical (unpaired) electrons. The highest BCUT2D eigenvalue weighted by molar-refractivity contribution is 7.89. The first-order chi connectivity index (χ1) is 11.9. The number of benzene rings is 2. The number of hydrogen-bond donors (Lipinski definition) is 1. The highest BCUT2D eigenvalue weighted by atomic mass is 32.2. The predicted molar refractivity (Wildman–Crippen MR) is 97.9 cm³/mol. The Morgan fingerprint density at radius 3 is 2.40 bits per heavy atom. The molecule has 0 spiro atoms. The van der Waals surface area contributed by atoms with Gasteiger partial charge in [0.2, 0.25) is 10.0 Å². The summed E-state index contributed by atoms with van der Waals surface area (Å²) < 4.78 is 32.6. The van der Waals surface area contributed by atoms with Gasteiger partial charge in [-0.1, -0.05) is 36.4 Å². The maximum Gasteiger partial charge on any atom is 0.243 e. The first kappa shape index (κ1) is 19.2. The van der Waals surface area contributed by atoms with Crippen LogP contribution in [0.3, 0.4) is 0 Å². The molecular weight excluding hydrogens is 338 g/mol. The number of aliphatic hydroxyl groups is 1. The molecule has 0 bridgehead atoms. The summed E-state index contributed by atoms with van der Waals surface area (Å²) in [5, 5.41) is 9.58. The van der Waals surface area contributed by atoms with Crippen molar-refractivity contribution in [2.45, 2.75) is 24.5 Å². The second kappa shape index (κ2) is 8.29. The fraction of sp³-hybridized carbons (Fsp3) is 0.263. The molecule has 5 nitrogen and oxygen atoms in total. The number of aliphatic hydroxyl groups excluding tert-OH is 1. The van der Waals surface area contributed by atoms with Crippen LogP contribution in [0.25, 0.3) is 0 Å². The van der Waals surface area contributed by atoms with Crippen molar-refractivity contribution in [3.05, 3.63) is 72.3 Å². The Kier molecular flexibility index (Phi) is 6.36. The van der Waals surface area contributed by atoms with Crippen LogP contribution in [0.4, 0.5) is 0 Å². The smallest absolute Gasteiger partial charge is 0.243 e. The summed E-state index contributed by atoms with van der Waals surface area (Å²) >= 11 is 0. The number of rotatable bonds is 8. The summed E-state index contributed by atoms with van der Waals surface area (Å²) in [4.78, 5) is 0.175. The average molecular weight is 361 g/mol. The first-order valence-corrected chi connectivity index (χ1v) is 9.35. The quantitative estimate of drug-likeness (QED) is 0.734. The molecule has 0 amide bonds. The molecule has 0 aliphatic carbocycles. The van der Waals surface area contributed by atoms with E-state index >= 15 is 0 Å². The van der Waals surface area contributed by atoms with E-state index in [-0.39, 0.29) is 18.0 Å². The van der Waals surface area contributed by atoms with Crippen LogP contribution in [-0.2, 0) is 16.6 Å². The Bertz CT molecular complexity index is 814. The minimum atomic E-state index is -3.70. The topological polar surface area (TPSA) is 66.8 Å². The second-order valence-corrected chi connectivity index (χ2v) is 7.58. The van der Waals surface area contributed by atoms with E-state index in [1.165, 1.54) is 16.4 Å². The Labute approximate surface area is 149 Å². The van der Waals surface area contributed by atoms with Gasteiger partial charge in [-0.25, -0.2) is 8.42 Å². The molecule has 0 unspecified atom stereocenters. The van der Waals surface area contributed by atoms with E-state index in [0.29, 0.717) is 11.3 Å². The lowest BCUT2D eigenvalue weighted by Crippen LogP contribution is -2.31.